The van der Waals surface area contributed by atoms with Gasteiger partial charge in [-0.2, -0.15) is 0 Å². The molecule has 0 fully saturated rings. The number of aldehydes is 1. The van der Waals surface area contributed by atoms with Gasteiger partial charge in [0.15, 0.2) is 5.76 Å². The van der Waals surface area contributed by atoms with Crippen LogP contribution in [0.1, 0.15) is 31.7 Å². The summed E-state index contributed by atoms with van der Waals surface area (Å²) in [6.07, 6.45) is 3.25. The number of carbonyl (C=O) groups excluding carboxylic acids is 2. The lowest BCUT2D eigenvalue weighted by molar-refractivity contribution is -0.142. The summed E-state index contributed by atoms with van der Waals surface area (Å²) < 4.78 is 24.2. The molecular formula is C21H22FNO4S. The van der Waals surface area contributed by atoms with Crippen LogP contribution in [0.4, 0.5) is 4.39 Å². The van der Waals surface area contributed by atoms with E-state index in [4.69, 9.17) is 9.15 Å². The monoisotopic (exact) mass is 403 g/mol. The molecule has 0 saturated carbocycles. The number of halogens is 1. The van der Waals surface area contributed by atoms with Crippen LogP contribution in [0.25, 0.3) is 16.4 Å². The Kier molecular flexibility index (Phi) is 8.19. The van der Waals surface area contributed by atoms with Gasteiger partial charge >= 0.3 is 5.97 Å². The van der Waals surface area contributed by atoms with E-state index < -0.39 is 5.97 Å². The van der Waals surface area contributed by atoms with Gasteiger partial charge in [-0.1, -0.05) is 19.1 Å². The fraction of sp³-hybridized carbons (Fsp3) is 0.286. The van der Waals surface area contributed by atoms with Crippen molar-refractivity contribution in [3.8, 4) is 11.5 Å². The summed E-state index contributed by atoms with van der Waals surface area (Å²) in [6, 6.07) is 5.71. The third-order valence-corrected chi connectivity index (χ3v) is 4.64. The number of allylic oxidation sites excluding steroid dienone is 2. The molecule has 1 aromatic carbocycles. The van der Waals surface area contributed by atoms with Gasteiger partial charge in [-0.25, -0.2) is 9.37 Å². The van der Waals surface area contributed by atoms with Gasteiger partial charge in [0.25, 0.3) is 0 Å². The van der Waals surface area contributed by atoms with Crippen LogP contribution in [0.2, 0.25) is 0 Å². The molecule has 7 heteroatoms. The zero-order chi connectivity index (χ0) is 20.5. The minimum Gasteiger partial charge on any atom is -0.466 e. The molecule has 2 rings (SSSR count). The molecule has 0 N–H and O–H groups in total. The summed E-state index contributed by atoms with van der Waals surface area (Å²) in [5, 5.41) is 0. The van der Waals surface area contributed by atoms with Crippen LogP contribution in [-0.4, -0.2) is 29.6 Å². The number of thioether (sulfide) groups is 1. The zero-order valence-electron chi connectivity index (χ0n) is 15.9. The van der Waals surface area contributed by atoms with Gasteiger partial charge in [0.1, 0.15) is 12.1 Å². The molecule has 0 saturated heterocycles. The van der Waals surface area contributed by atoms with Crippen LogP contribution >= 0.6 is 11.8 Å². The minimum atomic E-state index is -0.434. The van der Waals surface area contributed by atoms with E-state index in [2.05, 4.69) is 11.6 Å². The molecular weight excluding hydrogens is 381 g/mol. The number of hydrogen-bond donors (Lipinski definition) is 0. The van der Waals surface area contributed by atoms with Gasteiger partial charge in [-0.3, -0.25) is 4.79 Å². The van der Waals surface area contributed by atoms with E-state index in [1.165, 1.54) is 23.9 Å². The second kappa shape index (κ2) is 10.6. The lowest BCUT2D eigenvalue weighted by Gasteiger charge is -2.06. The summed E-state index contributed by atoms with van der Waals surface area (Å²) in [7, 11) is 0. The number of carbonyl (C=O) groups is 2. The number of hydrogen-bond acceptors (Lipinski definition) is 6. The van der Waals surface area contributed by atoms with Crippen LogP contribution in [0.3, 0.4) is 0 Å². The summed E-state index contributed by atoms with van der Waals surface area (Å²) in [4.78, 5) is 28.0. The maximum atomic E-state index is 13.2. The van der Waals surface area contributed by atoms with Crippen LogP contribution in [0.15, 0.2) is 46.9 Å². The van der Waals surface area contributed by atoms with Crippen LogP contribution in [0.5, 0.6) is 0 Å². The molecule has 0 amide bonds. The van der Waals surface area contributed by atoms with Crippen molar-refractivity contribution < 1.29 is 23.1 Å². The van der Waals surface area contributed by atoms with Gasteiger partial charge < -0.3 is 13.9 Å². The van der Waals surface area contributed by atoms with Gasteiger partial charge in [-0.05, 0) is 43.7 Å². The molecule has 1 heterocycles. The molecule has 0 aliphatic carbocycles. The number of aromatic nitrogens is 1. The second-order valence-corrected chi connectivity index (χ2v) is 6.84. The van der Waals surface area contributed by atoms with Crippen LogP contribution in [-0.2, 0) is 20.7 Å². The van der Waals surface area contributed by atoms with E-state index in [-0.39, 0.29) is 30.5 Å². The largest absolute Gasteiger partial charge is 0.466 e. The topological polar surface area (TPSA) is 69.4 Å². The van der Waals surface area contributed by atoms with E-state index in [9.17, 15) is 14.0 Å². The molecule has 0 aliphatic rings. The Morgan fingerprint density at radius 2 is 2.04 bits per heavy atom. The standard InChI is InChI=1S/C21H22FNO4S/c1-4-14(3)12-18(28-11-10-24)20-17(13-19(25)26-5-2)23-21(27-20)15-6-8-16(22)9-7-15/h6-10,12H,3-5,11,13H2,1-2H3/b18-12-. The van der Waals surface area contributed by atoms with E-state index in [1.807, 2.05) is 13.0 Å². The molecule has 0 aliphatic heterocycles. The van der Waals surface area contributed by atoms with E-state index in [1.54, 1.807) is 19.1 Å². The lowest BCUT2D eigenvalue weighted by atomic mass is 10.2. The number of esters is 1. The maximum Gasteiger partial charge on any atom is 0.312 e. The number of nitrogens with zero attached hydrogens (tertiary/aromatic N) is 1. The van der Waals surface area contributed by atoms with Crippen molar-refractivity contribution in [3.05, 3.63) is 59.8 Å². The first-order valence-electron chi connectivity index (χ1n) is 8.86. The molecule has 28 heavy (non-hydrogen) atoms. The normalized spacial score (nSPS) is 11.3. The summed E-state index contributed by atoms with van der Waals surface area (Å²) in [5.74, 6) is 0.0529. The summed E-state index contributed by atoms with van der Waals surface area (Å²) >= 11 is 1.27. The van der Waals surface area contributed by atoms with Gasteiger partial charge in [0.05, 0.1) is 29.4 Å². The maximum absolute atomic E-state index is 13.2. The van der Waals surface area contributed by atoms with Crippen molar-refractivity contribution in [1.29, 1.82) is 0 Å². The van der Waals surface area contributed by atoms with Crippen molar-refractivity contribution in [1.82, 2.24) is 4.98 Å². The number of ether oxygens (including phenoxy) is 1. The predicted molar refractivity (Wildman–Crippen MR) is 108 cm³/mol. The Morgan fingerprint density at radius 1 is 1.32 bits per heavy atom. The Labute approximate surface area is 167 Å². The third kappa shape index (κ3) is 5.92. The minimum absolute atomic E-state index is 0.0779. The highest BCUT2D eigenvalue weighted by Gasteiger charge is 2.21. The van der Waals surface area contributed by atoms with Crippen molar-refractivity contribution in [3.63, 3.8) is 0 Å². The van der Waals surface area contributed by atoms with Crippen molar-refractivity contribution >= 4 is 28.9 Å². The fourth-order valence-electron chi connectivity index (χ4n) is 2.31. The molecule has 148 valence electrons. The molecule has 2 aromatic rings. The van der Waals surface area contributed by atoms with E-state index in [0.717, 1.165) is 18.3 Å². The quantitative estimate of drug-likeness (QED) is 0.322. The van der Waals surface area contributed by atoms with Crippen LogP contribution < -0.4 is 0 Å². The van der Waals surface area contributed by atoms with Crippen molar-refractivity contribution in [2.24, 2.45) is 0 Å². The van der Waals surface area contributed by atoms with Crippen molar-refractivity contribution in [2.75, 3.05) is 12.4 Å². The number of benzene rings is 1. The highest BCUT2D eigenvalue weighted by molar-refractivity contribution is 8.08. The van der Waals surface area contributed by atoms with Crippen molar-refractivity contribution in [2.45, 2.75) is 26.7 Å². The Morgan fingerprint density at radius 3 is 2.64 bits per heavy atom. The highest BCUT2D eigenvalue weighted by Crippen LogP contribution is 2.35. The SMILES string of the molecule is C=C(/C=C(\SCC=O)c1oc(-c2ccc(F)cc2)nc1CC(=O)OCC)CC. The highest BCUT2D eigenvalue weighted by atomic mass is 32.2. The first-order valence-corrected chi connectivity index (χ1v) is 9.84. The first-order chi connectivity index (χ1) is 13.5. The number of rotatable bonds is 10. The average molecular weight is 403 g/mol. The fourth-order valence-corrected chi connectivity index (χ4v) is 3.10. The average Bonchev–Trinajstić information content (AvgIpc) is 3.09. The van der Waals surface area contributed by atoms with Gasteiger partial charge in [0, 0.05) is 5.56 Å². The molecule has 0 atom stereocenters. The summed E-state index contributed by atoms with van der Waals surface area (Å²) in [6.45, 7) is 7.91. The van der Waals surface area contributed by atoms with Crippen LogP contribution in [0, 0.1) is 5.82 Å². The predicted octanol–water partition coefficient (Wildman–Crippen LogP) is 4.83. The zero-order valence-corrected chi connectivity index (χ0v) is 16.7. The molecule has 0 unspecified atom stereocenters. The number of oxazole rings is 1. The molecule has 5 nitrogen and oxygen atoms in total. The third-order valence-electron chi connectivity index (χ3n) is 3.73. The summed E-state index contributed by atoms with van der Waals surface area (Å²) in [5.41, 5.74) is 1.81. The molecule has 0 bridgehead atoms. The van der Waals surface area contributed by atoms with E-state index in [0.29, 0.717) is 21.9 Å². The smallest absolute Gasteiger partial charge is 0.312 e. The molecule has 0 radical (unpaired) electrons. The Hall–Kier alpha value is -2.67. The second-order valence-electron chi connectivity index (χ2n) is 5.78. The lowest BCUT2D eigenvalue weighted by Crippen LogP contribution is -2.09. The van der Waals surface area contributed by atoms with Gasteiger partial charge in [0.2, 0.25) is 5.89 Å². The van der Waals surface area contributed by atoms with E-state index >= 15 is 0 Å². The molecule has 1 aromatic heterocycles. The first kappa shape index (κ1) is 21.6. The Bertz CT molecular complexity index is 871. The van der Waals surface area contributed by atoms with Gasteiger partial charge in [-0.15, -0.1) is 11.8 Å². The Balaban J connectivity index is 2.51. The molecule has 0 spiro atoms.